The Kier molecular flexibility index (Phi) is 6.59. The van der Waals surface area contributed by atoms with E-state index in [1.54, 1.807) is 19.3 Å². The van der Waals surface area contributed by atoms with Crippen LogP contribution in [0, 0.1) is 37.8 Å². The highest BCUT2D eigenvalue weighted by Crippen LogP contribution is 2.41. The van der Waals surface area contributed by atoms with Gasteiger partial charge in [0.25, 0.3) is 0 Å². The number of hydrogen-bond acceptors (Lipinski definition) is 7. The van der Waals surface area contributed by atoms with Crippen LogP contribution in [0.2, 0.25) is 0 Å². The minimum absolute atomic E-state index is 0.0214. The second-order valence-electron chi connectivity index (χ2n) is 11.4. The minimum Gasteiger partial charge on any atom is -0.508 e. The Bertz CT molecular complexity index is 1940. The third kappa shape index (κ3) is 4.68. The molecule has 7 rings (SSSR count). The Morgan fingerprint density at radius 3 is 2.56 bits per heavy atom. The Labute approximate surface area is 247 Å². The number of benzene rings is 2. The smallest absolute Gasteiger partial charge is 0.219 e. The third-order valence-corrected chi connectivity index (χ3v) is 8.46. The van der Waals surface area contributed by atoms with Gasteiger partial charge >= 0.3 is 0 Å². The van der Waals surface area contributed by atoms with Gasteiger partial charge in [0.2, 0.25) is 5.88 Å². The summed E-state index contributed by atoms with van der Waals surface area (Å²) in [6.07, 6.45) is 11.2. The number of fused-ring (bicyclic) bond motifs is 4. The number of halogens is 2. The van der Waals surface area contributed by atoms with Gasteiger partial charge in [-0.3, -0.25) is 9.97 Å². The van der Waals surface area contributed by atoms with Gasteiger partial charge in [-0.05, 0) is 61.9 Å². The average molecular weight is 578 g/mol. The van der Waals surface area contributed by atoms with Crippen molar-refractivity contribution in [1.29, 1.82) is 0 Å². The van der Waals surface area contributed by atoms with Crippen molar-refractivity contribution in [3.63, 3.8) is 0 Å². The Balaban J connectivity index is 1.43. The molecule has 2 saturated heterocycles. The number of anilines is 1. The number of pyridine rings is 3. The number of terminal acetylenes is 1. The molecule has 2 aromatic carbocycles. The van der Waals surface area contributed by atoms with Crippen molar-refractivity contribution in [2.45, 2.75) is 45.4 Å². The lowest BCUT2D eigenvalue weighted by Crippen LogP contribution is -2.51. The minimum atomic E-state index is -0.630. The third-order valence-electron chi connectivity index (χ3n) is 8.46. The number of aromatic nitrogens is 3. The number of phenols is 1. The highest BCUT2D eigenvalue weighted by atomic mass is 19.1. The van der Waals surface area contributed by atoms with Crippen molar-refractivity contribution in [1.82, 2.24) is 20.3 Å². The maximum absolute atomic E-state index is 16.9. The summed E-state index contributed by atoms with van der Waals surface area (Å²) in [7, 11) is 0. The molecule has 2 bridgehead atoms. The number of aromatic hydroxyl groups is 1. The molecule has 2 aliphatic rings. The molecule has 7 nitrogen and oxygen atoms in total. The number of hydrogen-bond donors (Lipinski definition) is 2. The van der Waals surface area contributed by atoms with Crippen LogP contribution in [-0.2, 0) is 6.61 Å². The Morgan fingerprint density at radius 2 is 1.84 bits per heavy atom. The van der Waals surface area contributed by atoms with E-state index in [1.165, 1.54) is 24.3 Å². The molecule has 9 heteroatoms. The highest BCUT2D eigenvalue weighted by molar-refractivity contribution is 6.04. The van der Waals surface area contributed by atoms with E-state index < -0.39 is 11.6 Å². The van der Waals surface area contributed by atoms with Crippen LogP contribution in [0.1, 0.15) is 35.2 Å². The van der Waals surface area contributed by atoms with Gasteiger partial charge in [0.1, 0.15) is 29.7 Å². The first kappa shape index (κ1) is 27.0. The zero-order valence-corrected chi connectivity index (χ0v) is 23.8. The molecule has 0 radical (unpaired) electrons. The van der Waals surface area contributed by atoms with Crippen LogP contribution in [0.4, 0.5) is 14.6 Å². The van der Waals surface area contributed by atoms with E-state index in [1.807, 2.05) is 19.1 Å². The number of rotatable bonds is 5. The van der Waals surface area contributed by atoms with Gasteiger partial charge in [-0.25, -0.2) is 8.78 Å². The molecule has 2 aliphatic heterocycles. The van der Waals surface area contributed by atoms with Gasteiger partial charge in [0, 0.05) is 64.9 Å². The molecule has 216 valence electrons. The maximum atomic E-state index is 16.9. The lowest BCUT2D eigenvalue weighted by molar-refractivity contribution is 0.287. The second kappa shape index (κ2) is 10.5. The first-order valence-corrected chi connectivity index (χ1v) is 14.3. The molecule has 2 N–H and O–H groups in total. The van der Waals surface area contributed by atoms with Crippen LogP contribution < -0.4 is 15.0 Å². The molecule has 0 saturated carbocycles. The van der Waals surface area contributed by atoms with Crippen LogP contribution in [0.5, 0.6) is 11.6 Å². The molecule has 0 spiro atoms. The fourth-order valence-corrected chi connectivity index (χ4v) is 6.39. The SMILES string of the molecule is C#Cc1c(F)ccc2cc(O)cc(-c3ncc4c(N5C[C@H]6CC[C@@H](C5)N6)nc(OCc5ccc(C)cn5)c(C)c4c3F)c12. The van der Waals surface area contributed by atoms with E-state index in [0.717, 1.165) is 37.2 Å². The Hall–Kier alpha value is -4.81. The van der Waals surface area contributed by atoms with Crippen LogP contribution in [0.25, 0.3) is 32.8 Å². The van der Waals surface area contributed by atoms with Crippen molar-refractivity contribution in [2.24, 2.45) is 0 Å². The highest BCUT2D eigenvalue weighted by Gasteiger charge is 2.34. The molecule has 0 amide bonds. The number of piperazine rings is 1. The fourth-order valence-electron chi connectivity index (χ4n) is 6.39. The molecule has 5 heterocycles. The lowest BCUT2D eigenvalue weighted by Gasteiger charge is -2.34. The van der Waals surface area contributed by atoms with Crippen molar-refractivity contribution in [3.8, 4) is 35.2 Å². The molecule has 43 heavy (non-hydrogen) atoms. The van der Waals surface area contributed by atoms with E-state index in [0.29, 0.717) is 50.9 Å². The van der Waals surface area contributed by atoms with Gasteiger partial charge < -0.3 is 20.1 Å². The maximum Gasteiger partial charge on any atom is 0.219 e. The van der Waals surface area contributed by atoms with Gasteiger partial charge in [-0.1, -0.05) is 18.1 Å². The van der Waals surface area contributed by atoms with Crippen molar-refractivity contribution in [2.75, 3.05) is 18.0 Å². The van der Waals surface area contributed by atoms with E-state index in [4.69, 9.17) is 16.1 Å². The van der Waals surface area contributed by atoms with Crippen molar-refractivity contribution in [3.05, 3.63) is 82.8 Å². The topological polar surface area (TPSA) is 83.4 Å². The second-order valence-corrected chi connectivity index (χ2v) is 11.4. The number of nitrogens with one attached hydrogen (secondary N) is 1. The molecule has 2 fully saturated rings. The monoisotopic (exact) mass is 577 g/mol. The van der Waals surface area contributed by atoms with Crippen LogP contribution >= 0.6 is 0 Å². The summed E-state index contributed by atoms with van der Waals surface area (Å²) in [5.41, 5.74) is 2.38. The summed E-state index contributed by atoms with van der Waals surface area (Å²) in [5, 5.41) is 15.8. The standard InChI is InChI=1S/C34H29F2N5O2/c1-4-25-28(35)10-6-20-11-24(42)12-26(30(20)25)32-31(36)29-19(3)34(43-17-23-7-5-18(2)13-37-23)40-33(27(29)14-38-32)41-15-21-8-9-22(16-41)39-21/h1,5-7,10-14,21-22,39,42H,8-9,15-17H2,2-3H3/t21-,22+. The van der Waals surface area contributed by atoms with Crippen LogP contribution in [0.15, 0.2) is 48.8 Å². The summed E-state index contributed by atoms with van der Waals surface area (Å²) in [5.74, 6) is 1.93. The van der Waals surface area contributed by atoms with Crippen molar-refractivity contribution < 1.29 is 18.6 Å². The summed E-state index contributed by atoms with van der Waals surface area (Å²) >= 11 is 0. The summed E-state index contributed by atoms with van der Waals surface area (Å²) in [4.78, 5) is 16.1. The average Bonchev–Trinajstić information content (AvgIpc) is 3.34. The predicted octanol–water partition coefficient (Wildman–Crippen LogP) is 5.95. The molecule has 0 aliphatic carbocycles. The summed E-state index contributed by atoms with van der Waals surface area (Å²) in [6, 6.07) is 10.1. The zero-order chi connectivity index (χ0) is 29.8. The van der Waals surface area contributed by atoms with Gasteiger partial charge in [-0.2, -0.15) is 4.98 Å². The van der Waals surface area contributed by atoms with E-state index >= 15 is 4.39 Å². The number of nitrogens with zero attached hydrogens (tertiary/aromatic N) is 4. The predicted molar refractivity (Wildman–Crippen MR) is 162 cm³/mol. The lowest BCUT2D eigenvalue weighted by atomic mass is 9.95. The molecular weight excluding hydrogens is 548 g/mol. The van der Waals surface area contributed by atoms with E-state index in [-0.39, 0.29) is 29.2 Å². The van der Waals surface area contributed by atoms with Gasteiger partial charge in [-0.15, -0.1) is 6.42 Å². The van der Waals surface area contributed by atoms with Crippen LogP contribution in [0.3, 0.4) is 0 Å². The summed E-state index contributed by atoms with van der Waals surface area (Å²) in [6.45, 7) is 5.34. The molecule has 0 unspecified atom stereocenters. The normalized spacial score (nSPS) is 17.9. The largest absolute Gasteiger partial charge is 0.508 e. The summed E-state index contributed by atoms with van der Waals surface area (Å²) < 4.78 is 37.9. The quantitative estimate of drug-likeness (QED) is 0.250. The van der Waals surface area contributed by atoms with E-state index in [9.17, 15) is 9.50 Å². The number of ether oxygens (including phenoxy) is 1. The first-order chi connectivity index (χ1) is 20.8. The van der Waals surface area contributed by atoms with E-state index in [2.05, 4.69) is 26.1 Å². The zero-order valence-electron chi connectivity index (χ0n) is 23.8. The van der Waals surface area contributed by atoms with Gasteiger partial charge in [0.15, 0.2) is 5.82 Å². The fraction of sp³-hybridized carbons (Fsp3) is 0.265. The molecular formula is C34H29F2N5O2. The van der Waals surface area contributed by atoms with Crippen molar-refractivity contribution >= 4 is 27.4 Å². The Morgan fingerprint density at radius 1 is 1.05 bits per heavy atom. The number of phenolic OH excluding ortho intramolecular Hbond substituents is 1. The van der Waals surface area contributed by atoms with Gasteiger partial charge in [0.05, 0.1) is 11.3 Å². The molecule has 5 aromatic rings. The van der Waals surface area contributed by atoms with Crippen LogP contribution in [-0.4, -0.2) is 45.2 Å². The first-order valence-electron chi connectivity index (χ1n) is 14.3. The number of aryl methyl sites for hydroxylation is 2. The molecule has 2 atom stereocenters. The molecule has 3 aromatic heterocycles.